The van der Waals surface area contributed by atoms with E-state index in [4.69, 9.17) is 9.47 Å². The molecule has 502 valence electrons. The van der Waals surface area contributed by atoms with Crippen molar-refractivity contribution in [1.82, 2.24) is 36.4 Å². The Labute approximate surface area is 535 Å². The molecule has 7 amide bonds. The van der Waals surface area contributed by atoms with Crippen molar-refractivity contribution in [3.63, 3.8) is 0 Å². The highest BCUT2D eigenvalue weighted by atomic mass is 16.5. The summed E-state index contributed by atoms with van der Waals surface area (Å²) in [5, 5.41) is 107. The normalized spacial score (nSPS) is 26.1. The summed E-state index contributed by atoms with van der Waals surface area (Å²) in [6.07, 6.45) is -12.8. The molecule has 0 saturated carbocycles. The second kappa shape index (κ2) is 31.7. The van der Waals surface area contributed by atoms with Crippen LogP contribution >= 0.6 is 0 Å². The van der Waals surface area contributed by atoms with Gasteiger partial charge in [-0.05, 0) is 98.3 Å². The molecule has 0 aliphatic carbocycles. The average molecular weight is 1280 g/mol. The molecule has 4 aromatic rings. The fourth-order valence-corrected chi connectivity index (χ4v) is 11.3. The standard InChI is InChI=1S/C66H91N9O17/c1-10-11-12-28-91-46-24-21-42(22-25-46)40-15-13-39(14-16-40)41-17-19-43(20-18-41)59(84)68-48-32-51(80)64(92-29-27-75(7,8)9)72-63(88)55-56(81)36(4)33-74(55)66(90)53(38(6)77)70-62(87)54(58(83)57(82)44-23-26-50(79)47(30-44)67-35(2)3)71-61(86)49-31-45(78)34-73(49)65(89)52(37(5)76)69-60(48)85/h13-26,30,35-38,45,48-49,51-58,64,67,76-78,80-83H,10-12,27-29,31-34H2,1-9H3,(H5-,68,69,70,71,72,79,84,85,86,87,88)/p+1/t36-,37+,38+,45+,48-,49-,51+,52-,53-,54-,55-,56-,57-,58-,64+/m0/s1. The zero-order valence-electron chi connectivity index (χ0n) is 53.6. The van der Waals surface area contributed by atoms with Crippen molar-refractivity contribution in [2.24, 2.45) is 5.92 Å². The summed E-state index contributed by atoms with van der Waals surface area (Å²) in [4.78, 5) is 105. The van der Waals surface area contributed by atoms with E-state index >= 15 is 0 Å². The Hall–Kier alpha value is -7.79. The van der Waals surface area contributed by atoms with E-state index in [2.05, 4.69) is 38.8 Å². The Morgan fingerprint density at radius 3 is 1.78 bits per heavy atom. The highest BCUT2D eigenvalue weighted by Crippen LogP contribution is 2.32. The minimum atomic E-state index is -2.33. The molecule has 0 radical (unpaired) electrons. The minimum Gasteiger partial charge on any atom is -0.506 e. The van der Waals surface area contributed by atoms with Gasteiger partial charge >= 0.3 is 0 Å². The van der Waals surface area contributed by atoms with E-state index in [0.717, 1.165) is 70.9 Å². The van der Waals surface area contributed by atoms with Crippen LogP contribution in [0, 0.1) is 5.92 Å². The molecule has 0 bridgehead atoms. The number of anilines is 1. The first-order valence-electron chi connectivity index (χ1n) is 31.3. The summed E-state index contributed by atoms with van der Waals surface area (Å²) in [6, 6.07) is 13.9. The number of fused-ring (bicyclic) bond motifs is 2. The fourth-order valence-electron chi connectivity index (χ4n) is 11.3. The minimum absolute atomic E-state index is 0.0450. The summed E-state index contributed by atoms with van der Waals surface area (Å²) in [5.74, 6) is -8.30. The van der Waals surface area contributed by atoms with Gasteiger partial charge in [-0.2, -0.15) is 0 Å². The molecule has 92 heavy (non-hydrogen) atoms. The zero-order valence-corrected chi connectivity index (χ0v) is 53.6. The third kappa shape index (κ3) is 18.3. The van der Waals surface area contributed by atoms with Crippen LogP contribution in [-0.2, 0) is 33.5 Å². The maximum Gasteiger partial charge on any atom is 0.251 e. The number of amides is 7. The van der Waals surface area contributed by atoms with Gasteiger partial charge in [-0.15, -0.1) is 0 Å². The predicted octanol–water partition coefficient (Wildman–Crippen LogP) is 0.624. The van der Waals surface area contributed by atoms with Gasteiger partial charge in [0.15, 0.2) is 6.23 Å². The number of carbonyl (C=O) groups is 7. The lowest BCUT2D eigenvalue weighted by Crippen LogP contribution is -2.64. The van der Waals surface area contributed by atoms with Gasteiger partial charge in [-0.3, -0.25) is 33.6 Å². The molecule has 3 fully saturated rings. The Morgan fingerprint density at radius 2 is 1.22 bits per heavy atom. The number of likely N-dealkylation sites (N-methyl/N-ethyl adjacent to an activating group) is 1. The number of hydrogen-bond donors (Lipinski definition) is 14. The summed E-state index contributed by atoms with van der Waals surface area (Å²) in [5.41, 5.74) is 3.57. The molecule has 0 aromatic heterocycles. The predicted molar refractivity (Wildman–Crippen MR) is 339 cm³/mol. The number of ether oxygens (including phenoxy) is 2. The maximum absolute atomic E-state index is 14.9. The number of quaternary nitrogens is 1. The molecule has 3 heterocycles. The van der Waals surface area contributed by atoms with Crippen molar-refractivity contribution in [1.29, 1.82) is 0 Å². The highest BCUT2D eigenvalue weighted by Gasteiger charge is 2.50. The molecule has 4 aromatic carbocycles. The van der Waals surface area contributed by atoms with Crippen LogP contribution in [0.5, 0.6) is 11.5 Å². The van der Waals surface area contributed by atoms with Gasteiger partial charge in [-0.25, -0.2) is 0 Å². The molecule has 7 rings (SSSR count). The van der Waals surface area contributed by atoms with Gasteiger partial charge < -0.3 is 96.5 Å². The van der Waals surface area contributed by atoms with Crippen molar-refractivity contribution in [2.45, 2.75) is 165 Å². The molecule has 3 saturated heterocycles. The summed E-state index contributed by atoms with van der Waals surface area (Å²) in [6.45, 7) is 9.32. The molecule has 15 atom stereocenters. The maximum atomic E-state index is 14.9. The number of aliphatic hydroxyl groups excluding tert-OH is 7. The Kier molecular flexibility index (Phi) is 24.7. The molecule has 0 unspecified atom stereocenters. The van der Waals surface area contributed by atoms with Gasteiger partial charge in [0.05, 0.1) is 64.5 Å². The number of unbranched alkanes of at least 4 members (excludes halogenated alkanes) is 2. The molecule has 14 N–H and O–H groups in total. The van der Waals surface area contributed by atoms with Crippen molar-refractivity contribution in [2.75, 3.05) is 59.3 Å². The van der Waals surface area contributed by atoms with Crippen molar-refractivity contribution < 1.29 is 88.4 Å². The molecular formula is C66H92N9O17+. The Bertz CT molecular complexity index is 3180. The number of phenolic OH excluding ortho intramolecular Hbond substituents is 1. The van der Waals surface area contributed by atoms with Crippen LogP contribution in [-0.4, -0.2) is 236 Å². The first kappa shape index (κ1) is 71.6. The second-order valence-corrected chi connectivity index (χ2v) is 25.6. The van der Waals surface area contributed by atoms with Gasteiger partial charge in [-0.1, -0.05) is 81.3 Å². The van der Waals surface area contributed by atoms with Crippen LogP contribution < -0.4 is 36.6 Å². The van der Waals surface area contributed by atoms with E-state index in [1.54, 1.807) is 26.0 Å². The summed E-state index contributed by atoms with van der Waals surface area (Å²) < 4.78 is 12.3. The van der Waals surface area contributed by atoms with Crippen LogP contribution in [0.25, 0.3) is 22.3 Å². The van der Waals surface area contributed by atoms with Crippen LogP contribution in [0.15, 0.2) is 91.0 Å². The number of aliphatic hydroxyl groups is 7. The lowest BCUT2D eigenvalue weighted by Gasteiger charge is -2.34. The first-order chi connectivity index (χ1) is 43.5. The number of aromatic hydroxyl groups is 1. The average Bonchev–Trinajstić information content (AvgIpc) is 1.60. The van der Waals surface area contributed by atoms with Crippen LogP contribution in [0.4, 0.5) is 5.69 Å². The lowest BCUT2D eigenvalue weighted by molar-refractivity contribution is -0.870. The third-order valence-electron chi connectivity index (χ3n) is 16.6. The number of carbonyl (C=O) groups excluding carboxylic acids is 7. The Balaban J connectivity index is 1.24. The SMILES string of the molecule is CCCCCOc1ccc(-c2ccc(-c3ccc(C(=O)N[C@H]4C[C@@H](O)[C@@H](OCC[N+](C)(C)C)NC(=O)[C@@H]5[C@@H](O)[C@@H](C)CN5C(=O)[C@H]([C@@H](C)O)NC(=O)[C@H]([C@H](O)[C@@H](O)c5ccc(O)c(NC(C)C)c5)NC(=O)[C@@H]5C[C@@H](O)CN5C(=O)[C@H]([C@@H](C)O)NC4=O)cc3)cc2)cc1. The second-order valence-electron chi connectivity index (χ2n) is 25.6. The van der Waals surface area contributed by atoms with Gasteiger partial charge in [0.25, 0.3) is 5.91 Å². The number of hydrogen-bond acceptors (Lipinski definition) is 18. The zero-order chi connectivity index (χ0) is 67.5. The quantitative estimate of drug-likeness (QED) is 0.0328. The van der Waals surface area contributed by atoms with E-state index in [1.165, 1.54) is 37.3 Å². The van der Waals surface area contributed by atoms with Crippen LogP contribution in [0.2, 0.25) is 0 Å². The molecular weight excluding hydrogens is 1190 g/mol. The lowest BCUT2D eigenvalue weighted by atomic mass is 9.96. The van der Waals surface area contributed by atoms with E-state index in [0.29, 0.717) is 11.1 Å². The van der Waals surface area contributed by atoms with E-state index < -0.39 is 152 Å². The molecule has 26 heteroatoms. The van der Waals surface area contributed by atoms with Gasteiger partial charge in [0, 0.05) is 43.5 Å². The van der Waals surface area contributed by atoms with E-state index in [-0.39, 0.29) is 48.3 Å². The summed E-state index contributed by atoms with van der Waals surface area (Å²) >= 11 is 0. The smallest absolute Gasteiger partial charge is 0.251 e. The fraction of sp³-hybridized carbons (Fsp3) is 0.530. The molecule has 26 nitrogen and oxygen atoms in total. The highest BCUT2D eigenvalue weighted by molar-refractivity contribution is 6.00. The largest absolute Gasteiger partial charge is 0.506 e. The number of rotatable bonds is 20. The van der Waals surface area contributed by atoms with Crippen molar-refractivity contribution in [3.8, 4) is 33.8 Å². The van der Waals surface area contributed by atoms with Gasteiger partial charge in [0.1, 0.15) is 72.6 Å². The molecule has 3 aliphatic heterocycles. The topological polar surface area (TPSA) is 378 Å². The number of phenols is 1. The summed E-state index contributed by atoms with van der Waals surface area (Å²) in [7, 11) is 5.53. The van der Waals surface area contributed by atoms with E-state index in [9.17, 15) is 74.4 Å². The number of nitrogens with zero attached hydrogens (tertiary/aromatic N) is 3. The van der Waals surface area contributed by atoms with Crippen molar-refractivity contribution >= 4 is 47.0 Å². The van der Waals surface area contributed by atoms with Crippen molar-refractivity contribution in [3.05, 3.63) is 102 Å². The number of benzene rings is 4. The van der Waals surface area contributed by atoms with Crippen LogP contribution in [0.1, 0.15) is 95.7 Å². The monoisotopic (exact) mass is 1280 g/mol. The number of nitrogens with one attached hydrogen (secondary N) is 6. The Morgan fingerprint density at radius 1 is 0.663 bits per heavy atom. The van der Waals surface area contributed by atoms with E-state index in [1.807, 2.05) is 69.7 Å². The first-order valence-corrected chi connectivity index (χ1v) is 31.3. The van der Waals surface area contributed by atoms with Crippen LogP contribution in [0.3, 0.4) is 0 Å². The van der Waals surface area contributed by atoms with Gasteiger partial charge in [0.2, 0.25) is 35.4 Å². The molecule has 0 spiro atoms. The molecule has 3 aliphatic rings. The third-order valence-corrected chi connectivity index (χ3v) is 16.6.